The molecule has 0 spiro atoms. The fraction of sp³-hybridized carbons (Fsp3) is 0.357. The van der Waals surface area contributed by atoms with Gasteiger partial charge in [0.1, 0.15) is 0 Å². The van der Waals surface area contributed by atoms with Crippen LogP contribution in [0.5, 0.6) is 0 Å². The number of amides is 1. The van der Waals surface area contributed by atoms with Crippen LogP contribution in [-0.4, -0.2) is 12.5 Å². The van der Waals surface area contributed by atoms with E-state index in [2.05, 4.69) is 24.8 Å². The molecular formula is C14H19NO. The van der Waals surface area contributed by atoms with Crippen molar-refractivity contribution in [2.24, 2.45) is 0 Å². The molecular weight excluding hydrogens is 198 g/mol. The van der Waals surface area contributed by atoms with E-state index in [4.69, 9.17) is 0 Å². The third kappa shape index (κ3) is 2.32. The molecule has 0 atom stereocenters. The smallest absolute Gasteiger partial charge is 0.250 e. The summed E-state index contributed by atoms with van der Waals surface area (Å²) in [5, 5.41) is 0. The minimum Gasteiger partial charge on any atom is -0.308 e. The van der Waals surface area contributed by atoms with Crippen LogP contribution < -0.4 is 4.90 Å². The van der Waals surface area contributed by atoms with Gasteiger partial charge in [-0.15, -0.1) is 0 Å². The van der Waals surface area contributed by atoms with E-state index in [1.54, 1.807) is 4.90 Å². The van der Waals surface area contributed by atoms with E-state index in [1.807, 2.05) is 20.8 Å². The van der Waals surface area contributed by atoms with Crippen molar-refractivity contribution in [3.63, 3.8) is 0 Å². The van der Waals surface area contributed by atoms with E-state index in [0.717, 1.165) is 18.7 Å². The lowest BCUT2D eigenvalue weighted by atomic mass is 10.1. The highest BCUT2D eigenvalue weighted by atomic mass is 16.2. The van der Waals surface area contributed by atoms with Gasteiger partial charge in [-0.05, 0) is 36.6 Å². The summed E-state index contributed by atoms with van der Waals surface area (Å²) in [5.74, 6) is -0.00523. The molecule has 0 aliphatic carbocycles. The monoisotopic (exact) mass is 217 g/mol. The second-order valence-corrected chi connectivity index (χ2v) is 3.58. The van der Waals surface area contributed by atoms with Crippen LogP contribution in [0.1, 0.15) is 25.0 Å². The lowest BCUT2D eigenvalue weighted by Gasteiger charge is -2.15. The number of rotatable bonds is 1. The highest BCUT2D eigenvalue weighted by Crippen LogP contribution is 2.28. The normalized spacial score (nSPS) is 12.6. The summed E-state index contributed by atoms with van der Waals surface area (Å²) in [6.45, 7) is 10.3. The third-order valence-corrected chi connectivity index (χ3v) is 2.58. The summed E-state index contributed by atoms with van der Waals surface area (Å²) < 4.78 is 0. The van der Waals surface area contributed by atoms with Crippen molar-refractivity contribution in [1.82, 2.24) is 0 Å². The van der Waals surface area contributed by atoms with Crippen molar-refractivity contribution in [3.8, 4) is 0 Å². The van der Waals surface area contributed by atoms with E-state index in [-0.39, 0.29) is 5.91 Å². The van der Waals surface area contributed by atoms with Gasteiger partial charge in [0, 0.05) is 12.2 Å². The minimum atomic E-state index is -0.00523. The van der Waals surface area contributed by atoms with Crippen LogP contribution >= 0.6 is 0 Å². The van der Waals surface area contributed by atoms with E-state index in [0.29, 0.717) is 0 Å². The first kappa shape index (κ1) is 12.5. The lowest BCUT2D eigenvalue weighted by molar-refractivity contribution is -0.114. The summed E-state index contributed by atoms with van der Waals surface area (Å²) in [4.78, 5) is 13.3. The zero-order chi connectivity index (χ0) is 12.1. The number of hydrogen-bond donors (Lipinski definition) is 0. The van der Waals surface area contributed by atoms with Gasteiger partial charge >= 0.3 is 0 Å². The molecule has 1 aromatic rings. The van der Waals surface area contributed by atoms with Crippen LogP contribution in [0.25, 0.3) is 0 Å². The highest BCUT2D eigenvalue weighted by Gasteiger charge is 2.22. The van der Waals surface area contributed by atoms with Crippen LogP contribution in [0.4, 0.5) is 5.69 Å². The molecule has 0 aromatic heterocycles. The van der Waals surface area contributed by atoms with Crippen molar-refractivity contribution in [1.29, 1.82) is 0 Å². The first-order chi connectivity index (χ1) is 7.72. The van der Waals surface area contributed by atoms with Gasteiger partial charge in [-0.3, -0.25) is 4.79 Å². The van der Waals surface area contributed by atoms with Crippen LogP contribution in [-0.2, 0) is 11.2 Å². The van der Waals surface area contributed by atoms with E-state index >= 15 is 0 Å². The summed E-state index contributed by atoms with van der Waals surface area (Å²) >= 11 is 0. The van der Waals surface area contributed by atoms with E-state index in [9.17, 15) is 4.79 Å². The van der Waals surface area contributed by atoms with Crippen molar-refractivity contribution in [2.45, 2.75) is 27.2 Å². The number of fused-ring (bicyclic) bond motifs is 1. The Hall–Kier alpha value is -1.57. The second-order valence-electron chi connectivity index (χ2n) is 3.58. The maximum Gasteiger partial charge on any atom is 0.250 e. The maximum absolute atomic E-state index is 11.5. The number of carbonyl (C=O) groups is 1. The van der Waals surface area contributed by atoms with Crippen molar-refractivity contribution in [3.05, 3.63) is 42.0 Å². The van der Waals surface area contributed by atoms with Crippen LogP contribution in [0.15, 0.2) is 30.9 Å². The number of carbonyl (C=O) groups excluding carboxylic acids is 1. The van der Waals surface area contributed by atoms with Crippen LogP contribution in [0, 0.1) is 6.92 Å². The largest absolute Gasteiger partial charge is 0.308 e. The topological polar surface area (TPSA) is 20.3 Å². The summed E-state index contributed by atoms with van der Waals surface area (Å²) in [6, 6.07) is 6.24. The first-order valence-corrected chi connectivity index (χ1v) is 5.76. The predicted octanol–water partition coefficient (Wildman–Crippen LogP) is 3.10. The van der Waals surface area contributed by atoms with E-state index < -0.39 is 0 Å². The van der Waals surface area contributed by atoms with Crippen molar-refractivity contribution in [2.75, 3.05) is 11.4 Å². The molecule has 0 N–H and O–H groups in total. The highest BCUT2D eigenvalue weighted by molar-refractivity contribution is 6.02. The van der Waals surface area contributed by atoms with Crippen molar-refractivity contribution >= 4 is 11.6 Å². The molecule has 16 heavy (non-hydrogen) atoms. The molecule has 0 bridgehead atoms. The number of hydrogen-bond acceptors (Lipinski definition) is 1. The Bertz CT molecular complexity index is 396. The van der Waals surface area contributed by atoms with Gasteiger partial charge in [0.25, 0.3) is 0 Å². The molecule has 0 unspecified atom stereocenters. The van der Waals surface area contributed by atoms with Gasteiger partial charge in [-0.25, -0.2) is 0 Å². The Kier molecular flexibility index (Phi) is 4.29. The molecule has 1 aliphatic rings. The summed E-state index contributed by atoms with van der Waals surface area (Å²) in [6.07, 6.45) is 2.33. The zero-order valence-corrected chi connectivity index (χ0v) is 10.3. The molecule has 0 fully saturated rings. The molecule has 1 amide bonds. The van der Waals surface area contributed by atoms with E-state index in [1.165, 1.54) is 17.2 Å². The number of anilines is 1. The molecule has 0 saturated carbocycles. The maximum atomic E-state index is 11.5. The second kappa shape index (κ2) is 5.50. The van der Waals surface area contributed by atoms with Gasteiger partial charge in [0.2, 0.25) is 5.91 Å². The molecule has 0 saturated heterocycles. The van der Waals surface area contributed by atoms with Crippen molar-refractivity contribution < 1.29 is 4.79 Å². The van der Waals surface area contributed by atoms with Gasteiger partial charge in [-0.1, -0.05) is 32.6 Å². The van der Waals surface area contributed by atoms with Gasteiger partial charge in [-0.2, -0.15) is 0 Å². The Labute approximate surface area is 97.6 Å². The zero-order valence-electron chi connectivity index (χ0n) is 10.3. The molecule has 2 heteroatoms. The molecule has 2 rings (SSSR count). The van der Waals surface area contributed by atoms with Gasteiger partial charge < -0.3 is 4.90 Å². The Morgan fingerprint density at radius 1 is 1.44 bits per heavy atom. The molecule has 1 heterocycles. The molecule has 86 valence electrons. The molecule has 1 aliphatic heterocycles. The quantitative estimate of drug-likeness (QED) is 0.662. The Morgan fingerprint density at radius 2 is 2.12 bits per heavy atom. The fourth-order valence-electron chi connectivity index (χ4n) is 1.83. The fourth-order valence-corrected chi connectivity index (χ4v) is 1.83. The summed E-state index contributed by atoms with van der Waals surface area (Å²) in [5.41, 5.74) is 3.49. The predicted molar refractivity (Wildman–Crippen MR) is 68.8 cm³/mol. The van der Waals surface area contributed by atoms with Gasteiger partial charge in [0.15, 0.2) is 0 Å². The number of aryl methyl sites for hydroxylation is 1. The number of benzene rings is 1. The average molecular weight is 217 g/mol. The lowest BCUT2D eigenvalue weighted by Crippen LogP contribution is -2.26. The standard InChI is InChI=1S/C12H13NO.C2H6/c1-3-12(14)13-7-6-10-5-4-9(2)8-11(10)13;1-2/h3-5,8H,1,6-7H2,2H3;1-2H3. The average Bonchev–Trinajstić information content (AvgIpc) is 2.73. The molecule has 0 radical (unpaired) electrons. The molecule has 1 aromatic carbocycles. The SMILES string of the molecule is C=CC(=O)N1CCc2ccc(C)cc21.CC. The number of nitrogens with zero attached hydrogens (tertiary/aromatic N) is 1. The Balaban J connectivity index is 0.000000606. The summed E-state index contributed by atoms with van der Waals surface area (Å²) in [7, 11) is 0. The minimum absolute atomic E-state index is 0.00523. The Morgan fingerprint density at radius 3 is 2.75 bits per heavy atom. The molecule has 2 nitrogen and oxygen atoms in total. The van der Waals surface area contributed by atoms with Crippen LogP contribution in [0.2, 0.25) is 0 Å². The first-order valence-electron chi connectivity index (χ1n) is 5.76. The van der Waals surface area contributed by atoms with Crippen LogP contribution in [0.3, 0.4) is 0 Å². The third-order valence-electron chi connectivity index (χ3n) is 2.58. The van der Waals surface area contributed by atoms with Gasteiger partial charge in [0.05, 0.1) is 0 Å².